The van der Waals surface area contributed by atoms with Gasteiger partial charge in [0.1, 0.15) is 5.75 Å². The van der Waals surface area contributed by atoms with Crippen LogP contribution in [0.15, 0.2) is 18.2 Å². The zero-order valence-electron chi connectivity index (χ0n) is 12.8. The molecule has 116 valence electrons. The standard InChI is InChI=1S/C17H24ClNO2/c1-12(2)10-17(7-3-4-8-17)11-19-16(21)14-6-5-13(18)9-15(14)20/h5-6,9,12,20H,3-4,7-8,10-11H2,1-2H3,(H,19,21). The molecule has 1 saturated carbocycles. The molecule has 1 fully saturated rings. The summed E-state index contributed by atoms with van der Waals surface area (Å²) in [6.07, 6.45) is 5.99. The van der Waals surface area contributed by atoms with Gasteiger partial charge in [0.2, 0.25) is 0 Å². The van der Waals surface area contributed by atoms with Crippen LogP contribution in [-0.2, 0) is 0 Å². The summed E-state index contributed by atoms with van der Waals surface area (Å²) in [5.41, 5.74) is 0.517. The maximum absolute atomic E-state index is 12.2. The van der Waals surface area contributed by atoms with E-state index in [0.29, 0.717) is 17.5 Å². The van der Waals surface area contributed by atoms with E-state index in [1.165, 1.54) is 31.7 Å². The Morgan fingerprint density at radius 3 is 2.62 bits per heavy atom. The number of nitrogens with one attached hydrogen (secondary N) is 1. The molecule has 2 N–H and O–H groups in total. The van der Waals surface area contributed by atoms with Gasteiger partial charge in [-0.1, -0.05) is 38.3 Å². The average Bonchev–Trinajstić information content (AvgIpc) is 2.84. The number of carbonyl (C=O) groups excluding carboxylic acids is 1. The molecule has 0 spiro atoms. The topological polar surface area (TPSA) is 49.3 Å². The summed E-state index contributed by atoms with van der Waals surface area (Å²) in [5, 5.41) is 13.3. The number of hydrogen-bond donors (Lipinski definition) is 2. The Hall–Kier alpha value is -1.22. The highest BCUT2D eigenvalue weighted by Gasteiger charge is 2.34. The summed E-state index contributed by atoms with van der Waals surface area (Å²) >= 11 is 5.79. The number of carbonyl (C=O) groups is 1. The molecule has 1 aliphatic rings. The van der Waals surface area contributed by atoms with Crippen molar-refractivity contribution in [3.8, 4) is 5.75 Å². The number of amides is 1. The molecule has 0 radical (unpaired) electrons. The third kappa shape index (κ3) is 4.13. The number of hydrogen-bond acceptors (Lipinski definition) is 2. The van der Waals surface area contributed by atoms with Gasteiger partial charge < -0.3 is 10.4 Å². The third-order valence-electron chi connectivity index (χ3n) is 4.33. The normalized spacial score (nSPS) is 17.1. The Bertz CT molecular complexity index is 508. The monoisotopic (exact) mass is 309 g/mol. The molecule has 1 aliphatic carbocycles. The Balaban J connectivity index is 2.02. The van der Waals surface area contributed by atoms with Gasteiger partial charge in [0.05, 0.1) is 5.56 Å². The van der Waals surface area contributed by atoms with E-state index in [1.54, 1.807) is 12.1 Å². The Labute approximate surface area is 131 Å². The largest absolute Gasteiger partial charge is 0.507 e. The van der Waals surface area contributed by atoms with E-state index in [1.807, 2.05) is 0 Å². The van der Waals surface area contributed by atoms with Crippen LogP contribution in [0.1, 0.15) is 56.3 Å². The first-order valence-electron chi connectivity index (χ1n) is 7.69. The Kier molecular flexibility index (Phi) is 5.15. The minimum absolute atomic E-state index is 0.0654. The maximum atomic E-state index is 12.2. The lowest BCUT2D eigenvalue weighted by Crippen LogP contribution is -2.36. The lowest BCUT2D eigenvalue weighted by Gasteiger charge is -2.31. The van der Waals surface area contributed by atoms with E-state index in [4.69, 9.17) is 11.6 Å². The van der Waals surface area contributed by atoms with Crippen LogP contribution in [0.4, 0.5) is 0 Å². The van der Waals surface area contributed by atoms with Gasteiger partial charge in [0.15, 0.2) is 0 Å². The summed E-state index contributed by atoms with van der Waals surface area (Å²) in [5.74, 6) is 0.340. The van der Waals surface area contributed by atoms with Crippen molar-refractivity contribution in [3.63, 3.8) is 0 Å². The van der Waals surface area contributed by atoms with Crippen molar-refractivity contribution >= 4 is 17.5 Å². The summed E-state index contributed by atoms with van der Waals surface area (Å²) in [6, 6.07) is 4.59. The van der Waals surface area contributed by atoms with Gasteiger partial charge in [0, 0.05) is 11.6 Å². The number of benzene rings is 1. The van der Waals surface area contributed by atoms with Gasteiger partial charge in [-0.05, 0) is 48.8 Å². The first-order chi connectivity index (χ1) is 9.92. The number of halogens is 1. The molecule has 1 aromatic rings. The molecular formula is C17H24ClNO2. The van der Waals surface area contributed by atoms with E-state index < -0.39 is 0 Å². The first kappa shape index (κ1) is 16.2. The van der Waals surface area contributed by atoms with Crippen LogP contribution < -0.4 is 5.32 Å². The zero-order valence-corrected chi connectivity index (χ0v) is 13.5. The summed E-state index contributed by atoms with van der Waals surface area (Å²) in [7, 11) is 0. The molecule has 1 amide bonds. The molecule has 4 heteroatoms. The second-order valence-electron chi connectivity index (χ2n) is 6.65. The van der Waals surface area contributed by atoms with Crippen LogP contribution in [0.3, 0.4) is 0 Å². The fraction of sp³-hybridized carbons (Fsp3) is 0.588. The molecule has 0 bridgehead atoms. The zero-order chi connectivity index (χ0) is 15.5. The van der Waals surface area contributed by atoms with Crippen molar-refractivity contribution in [2.75, 3.05) is 6.54 Å². The van der Waals surface area contributed by atoms with Gasteiger partial charge in [-0.25, -0.2) is 0 Å². The van der Waals surface area contributed by atoms with Crippen molar-refractivity contribution in [1.82, 2.24) is 5.32 Å². The Morgan fingerprint density at radius 2 is 2.05 bits per heavy atom. The van der Waals surface area contributed by atoms with Gasteiger partial charge in [0.25, 0.3) is 5.91 Å². The molecule has 3 nitrogen and oxygen atoms in total. The smallest absolute Gasteiger partial charge is 0.255 e. The number of aromatic hydroxyl groups is 1. The van der Waals surface area contributed by atoms with E-state index in [2.05, 4.69) is 19.2 Å². The van der Waals surface area contributed by atoms with E-state index >= 15 is 0 Å². The number of phenols is 1. The van der Waals surface area contributed by atoms with Crippen molar-refractivity contribution in [2.45, 2.75) is 46.0 Å². The van der Waals surface area contributed by atoms with Gasteiger partial charge in [-0.3, -0.25) is 4.79 Å². The minimum atomic E-state index is -0.223. The molecule has 0 heterocycles. The highest BCUT2D eigenvalue weighted by molar-refractivity contribution is 6.30. The van der Waals surface area contributed by atoms with Gasteiger partial charge in [-0.15, -0.1) is 0 Å². The molecule has 1 aromatic carbocycles. The fourth-order valence-electron chi connectivity index (χ4n) is 3.50. The highest BCUT2D eigenvalue weighted by Crippen LogP contribution is 2.42. The lowest BCUT2D eigenvalue weighted by atomic mass is 9.78. The first-order valence-corrected chi connectivity index (χ1v) is 8.06. The van der Waals surface area contributed by atoms with Crippen molar-refractivity contribution in [3.05, 3.63) is 28.8 Å². The number of rotatable bonds is 5. The van der Waals surface area contributed by atoms with Gasteiger partial charge in [-0.2, -0.15) is 0 Å². The molecular weight excluding hydrogens is 286 g/mol. The van der Waals surface area contributed by atoms with Crippen LogP contribution in [0.5, 0.6) is 5.75 Å². The molecule has 0 atom stereocenters. The predicted octanol–water partition coefficient (Wildman–Crippen LogP) is 4.38. The summed E-state index contributed by atoms with van der Waals surface area (Å²) in [6.45, 7) is 5.14. The molecule has 21 heavy (non-hydrogen) atoms. The minimum Gasteiger partial charge on any atom is -0.507 e. The van der Waals surface area contributed by atoms with Crippen LogP contribution in [0.25, 0.3) is 0 Å². The third-order valence-corrected chi connectivity index (χ3v) is 4.57. The second-order valence-corrected chi connectivity index (χ2v) is 7.09. The number of phenolic OH excluding ortho intramolecular Hbond substituents is 1. The predicted molar refractivity (Wildman–Crippen MR) is 85.8 cm³/mol. The van der Waals surface area contributed by atoms with E-state index in [0.717, 1.165) is 6.42 Å². The van der Waals surface area contributed by atoms with E-state index in [9.17, 15) is 9.90 Å². The Morgan fingerprint density at radius 1 is 1.38 bits per heavy atom. The molecule has 2 rings (SSSR count). The molecule has 0 unspecified atom stereocenters. The van der Waals surface area contributed by atoms with E-state index in [-0.39, 0.29) is 22.6 Å². The molecule has 0 aliphatic heterocycles. The average molecular weight is 310 g/mol. The quantitative estimate of drug-likeness (QED) is 0.848. The second kappa shape index (κ2) is 6.69. The molecule has 0 saturated heterocycles. The van der Waals surface area contributed by atoms with Crippen LogP contribution in [-0.4, -0.2) is 17.6 Å². The maximum Gasteiger partial charge on any atom is 0.255 e. The van der Waals surface area contributed by atoms with Crippen LogP contribution in [0.2, 0.25) is 5.02 Å². The van der Waals surface area contributed by atoms with Crippen LogP contribution >= 0.6 is 11.6 Å². The summed E-state index contributed by atoms with van der Waals surface area (Å²) < 4.78 is 0. The van der Waals surface area contributed by atoms with Crippen molar-refractivity contribution in [1.29, 1.82) is 0 Å². The fourth-order valence-corrected chi connectivity index (χ4v) is 3.67. The van der Waals surface area contributed by atoms with Crippen LogP contribution in [0, 0.1) is 11.3 Å². The highest BCUT2D eigenvalue weighted by atomic mass is 35.5. The summed E-state index contributed by atoms with van der Waals surface area (Å²) in [4.78, 5) is 12.2. The van der Waals surface area contributed by atoms with Crippen molar-refractivity contribution in [2.24, 2.45) is 11.3 Å². The molecule has 0 aromatic heterocycles. The van der Waals surface area contributed by atoms with Crippen molar-refractivity contribution < 1.29 is 9.90 Å². The lowest BCUT2D eigenvalue weighted by molar-refractivity contribution is 0.0919. The van der Waals surface area contributed by atoms with Gasteiger partial charge >= 0.3 is 0 Å². The SMILES string of the molecule is CC(C)CC1(CNC(=O)c2ccc(Cl)cc2O)CCCC1.